The van der Waals surface area contributed by atoms with E-state index < -0.39 is 0 Å². The number of oxazole rings is 1. The first-order valence-electron chi connectivity index (χ1n) is 8.03. The molecule has 0 saturated heterocycles. The summed E-state index contributed by atoms with van der Waals surface area (Å²) in [5.74, 6) is 1.46. The standard InChI is InChI=1S/C19H18BrNO2/c1-12-6-8-18-16(10-12)21-19(23-18)15-11-13(20)7-9-17(15)22-14-4-2-3-5-14/h6-11,14H,2-5H2,1H3. The van der Waals surface area contributed by atoms with Gasteiger partial charge in [0.25, 0.3) is 0 Å². The Hall–Kier alpha value is -1.81. The van der Waals surface area contributed by atoms with E-state index in [2.05, 4.69) is 27.8 Å². The molecule has 3 aromatic rings. The second-order valence-electron chi connectivity index (χ2n) is 6.15. The summed E-state index contributed by atoms with van der Waals surface area (Å²) in [5.41, 5.74) is 3.76. The Morgan fingerprint density at radius 3 is 2.78 bits per heavy atom. The average molecular weight is 372 g/mol. The third kappa shape index (κ3) is 3.00. The SMILES string of the molecule is Cc1ccc2oc(-c3cc(Br)ccc3OC3CCCC3)nc2c1. The highest BCUT2D eigenvalue weighted by molar-refractivity contribution is 9.10. The van der Waals surface area contributed by atoms with Crippen LogP contribution in [0.4, 0.5) is 0 Å². The summed E-state index contributed by atoms with van der Waals surface area (Å²) in [6.07, 6.45) is 5.06. The van der Waals surface area contributed by atoms with Crippen molar-refractivity contribution >= 4 is 27.0 Å². The van der Waals surface area contributed by atoms with Gasteiger partial charge in [-0.15, -0.1) is 0 Å². The van der Waals surface area contributed by atoms with Crippen LogP contribution in [0.3, 0.4) is 0 Å². The molecule has 0 radical (unpaired) electrons. The number of aromatic nitrogens is 1. The summed E-state index contributed by atoms with van der Waals surface area (Å²) in [6, 6.07) is 12.1. The van der Waals surface area contributed by atoms with Crippen molar-refractivity contribution in [1.82, 2.24) is 4.98 Å². The lowest BCUT2D eigenvalue weighted by Crippen LogP contribution is -2.11. The Bertz CT molecular complexity index is 850. The van der Waals surface area contributed by atoms with Crippen LogP contribution in [0.2, 0.25) is 0 Å². The monoisotopic (exact) mass is 371 g/mol. The minimum absolute atomic E-state index is 0.307. The molecule has 1 heterocycles. The topological polar surface area (TPSA) is 35.3 Å². The van der Waals surface area contributed by atoms with Crippen LogP contribution in [0.15, 0.2) is 45.3 Å². The van der Waals surface area contributed by atoms with Crippen LogP contribution in [0.5, 0.6) is 5.75 Å². The van der Waals surface area contributed by atoms with Gasteiger partial charge in [0.05, 0.1) is 11.7 Å². The van der Waals surface area contributed by atoms with Crippen LogP contribution >= 0.6 is 15.9 Å². The molecule has 4 heteroatoms. The van der Waals surface area contributed by atoms with E-state index in [9.17, 15) is 0 Å². The van der Waals surface area contributed by atoms with E-state index in [1.165, 1.54) is 18.4 Å². The fourth-order valence-electron chi connectivity index (χ4n) is 3.11. The van der Waals surface area contributed by atoms with Gasteiger partial charge in [-0.25, -0.2) is 4.98 Å². The molecule has 3 nitrogen and oxygen atoms in total. The molecule has 4 rings (SSSR count). The number of rotatable bonds is 3. The molecular weight excluding hydrogens is 354 g/mol. The molecule has 118 valence electrons. The number of benzene rings is 2. The molecule has 1 saturated carbocycles. The summed E-state index contributed by atoms with van der Waals surface area (Å²) in [5, 5.41) is 0. The van der Waals surface area contributed by atoms with Crippen molar-refractivity contribution in [3.63, 3.8) is 0 Å². The van der Waals surface area contributed by atoms with Gasteiger partial charge in [0, 0.05) is 4.47 Å². The van der Waals surface area contributed by atoms with Crippen molar-refractivity contribution in [3.05, 3.63) is 46.4 Å². The smallest absolute Gasteiger partial charge is 0.231 e. The lowest BCUT2D eigenvalue weighted by molar-refractivity contribution is 0.210. The third-order valence-corrected chi connectivity index (χ3v) is 4.80. The van der Waals surface area contributed by atoms with Crippen LogP contribution in [-0.2, 0) is 0 Å². The minimum atomic E-state index is 0.307. The maximum Gasteiger partial charge on any atom is 0.231 e. The fraction of sp³-hybridized carbons (Fsp3) is 0.316. The van der Waals surface area contributed by atoms with Gasteiger partial charge in [0.2, 0.25) is 5.89 Å². The second kappa shape index (κ2) is 6.00. The van der Waals surface area contributed by atoms with Gasteiger partial charge in [-0.3, -0.25) is 0 Å². The van der Waals surface area contributed by atoms with Crippen molar-refractivity contribution in [2.75, 3.05) is 0 Å². The summed E-state index contributed by atoms with van der Waals surface area (Å²) < 4.78 is 13.2. The van der Waals surface area contributed by atoms with Gasteiger partial charge in [-0.1, -0.05) is 22.0 Å². The average Bonchev–Trinajstić information content (AvgIpc) is 3.17. The van der Waals surface area contributed by atoms with Crippen molar-refractivity contribution in [3.8, 4) is 17.2 Å². The molecule has 1 aromatic heterocycles. The van der Waals surface area contributed by atoms with Gasteiger partial charge in [-0.2, -0.15) is 0 Å². The zero-order valence-electron chi connectivity index (χ0n) is 13.0. The van der Waals surface area contributed by atoms with Crippen molar-refractivity contribution in [1.29, 1.82) is 0 Å². The Morgan fingerprint density at radius 2 is 1.96 bits per heavy atom. The van der Waals surface area contributed by atoms with Gasteiger partial charge in [0.15, 0.2) is 5.58 Å². The van der Waals surface area contributed by atoms with Gasteiger partial charge >= 0.3 is 0 Å². The normalized spacial score (nSPS) is 15.4. The number of hydrogen-bond acceptors (Lipinski definition) is 3. The first-order chi connectivity index (χ1) is 11.2. The first kappa shape index (κ1) is 14.8. The van der Waals surface area contributed by atoms with Crippen molar-refractivity contribution in [2.45, 2.75) is 38.7 Å². The molecule has 0 atom stereocenters. The van der Waals surface area contributed by atoms with E-state index in [1.807, 2.05) is 36.4 Å². The largest absolute Gasteiger partial charge is 0.490 e. The number of halogens is 1. The molecule has 0 unspecified atom stereocenters. The van der Waals surface area contributed by atoms with Crippen LogP contribution in [0, 0.1) is 6.92 Å². The Labute approximate surface area is 143 Å². The molecule has 0 N–H and O–H groups in total. The minimum Gasteiger partial charge on any atom is -0.490 e. The number of nitrogens with zero attached hydrogens (tertiary/aromatic N) is 1. The van der Waals surface area contributed by atoms with Crippen LogP contribution in [0.25, 0.3) is 22.6 Å². The van der Waals surface area contributed by atoms with Crippen molar-refractivity contribution in [2.24, 2.45) is 0 Å². The van der Waals surface area contributed by atoms with Crippen LogP contribution < -0.4 is 4.74 Å². The van der Waals surface area contributed by atoms with Crippen LogP contribution in [-0.4, -0.2) is 11.1 Å². The molecule has 0 amide bonds. The summed E-state index contributed by atoms with van der Waals surface area (Å²) in [4.78, 5) is 4.65. The second-order valence-corrected chi connectivity index (χ2v) is 7.07. The summed E-state index contributed by atoms with van der Waals surface area (Å²) in [6.45, 7) is 2.06. The predicted octanol–water partition coefficient (Wildman–Crippen LogP) is 5.89. The number of aryl methyl sites for hydroxylation is 1. The summed E-state index contributed by atoms with van der Waals surface area (Å²) >= 11 is 3.54. The van der Waals surface area contributed by atoms with E-state index >= 15 is 0 Å². The lowest BCUT2D eigenvalue weighted by Gasteiger charge is -2.15. The van der Waals surface area contributed by atoms with Crippen LogP contribution in [0.1, 0.15) is 31.2 Å². The Morgan fingerprint density at radius 1 is 1.13 bits per heavy atom. The molecule has 0 spiro atoms. The third-order valence-electron chi connectivity index (χ3n) is 4.31. The van der Waals surface area contributed by atoms with E-state index in [1.54, 1.807) is 0 Å². The number of ether oxygens (including phenoxy) is 1. The molecule has 0 bridgehead atoms. The molecular formula is C19H18BrNO2. The zero-order valence-corrected chi connectivity index (χ0v) is 14.6. The van der Waals surface area contributed by atoms with Gasteiger partial charge in [0.1, 0.15) is 11.3 Å². The highest BCUT2D eigenvalue weighted by Crippen LogP contribution is 2.36. The number of fused-ring (bicyclic) bond motifs is 1. The first-order valence-corrected chi connectivity index (χ1v) is 8.82. The Kier molecular flexibility index (Phi) is 3.85. The molecule has 23 heavy (non-hydrogen) atoms. The summed E-state index contributed by atoms with van der Waals surface area (Å²) in [7, 11) is 0. The lowest BCUT2D eigenvalue weighted by atomic mass is 10.2. The zero-order chi connectivity index (χ0) is 15.8. The van der Waals surface area contributed by atoms with E-state index in [0.29, 0.717) is 12.0 Å². The maximum atomic E-state index is 6.21. The molecule has 1 aliphatic carbocycles. The van der Waals surface area contributed by atoms with E-state index in [4.69, 9.17) is 9.15 Å². The predicted molar refractivity (Wildman–Crippen MR) is 94.8 cm³/mol. The molecule has 1 fully saturated rings. The quantitative estimate of drug-likeness (QED) is 0.575. The maximum absolute atomic E-state index is 6.21. The van der Waals surface area contributed by atoms with E-state index in [-0.39, 0.29) is 0 Å². The number of hydrogen-bond donors (Lipinski definition) is 0. The molecule has 1 aliphatic rings. The Balaban J connectivity index is 1.77. The van der Waals surface area contributed by atoms with Crippen molar-refractivity contribution < 1.29 is 9.15 Å². The van der Waals surface area contributed by atoms with Gasteiger partial charge < -0.3 is 9.15 Å². The van der Waals surface area contributed by atoms with E-state index in [0.717, 1.165) is 39.7 Å². The highest BCUT2D eigenvalue weighted by atomic mass is 79.9. The highest BCUT2D eigenvalue weighted by Gasteiger charge is 2.20. The van der Waals surface area contributed by atoms with Gasteiger partial charge in [-0.05, 0) is 68.5 Å². The molecule has 0 aliphatic heterocycles. The molecule has 2 aromatic carbocycles. The fourth-order valence-corrected chi connectivity index (χ4v) is 3.47.